The van der Waals surface area contributed by atoms with Crippen LogP contribution >= 0.6 is 0 Å². The number of nitriles is 1. The minimum Gasteiger partial charge on any atom is -0.364 e. The second kappa shape index (κ2) is 3.85. The normalized spacial score (nSPS) is 19.3. The Morgan fingerprint density at radius 3 is 3.00 bits per heavy atom. The van der Waals surface area contributed by atoms with Crippen LogP contribution in [0.5, 0.6) is 0 Å². The molecule has 2 N–H and O–H groups in total. The number of hydrogen-bond donors (Lipinski definition) is 2. The van der Waals surface area contributed by atoms with Gasteiger partial charge in [-0.1, -0.05) is 0 Å². The summed E-state index contributed by atoms with van der Waals surface area (Å²) in [7, 11) is 1.78. The van der Waals surface area contributed by atoms with Crippen molar-refractivity contribution in [3.05, 3.63) is 11.3 Å². The van der Waals surface area contributed by atoms with Gasteiger partial charge in [0.15, 0.2) is 0 Å². The molecular weight excluding hydrogens is 206 g/mol. The van der Waals surface area contributed by atoms with E-state index in [1.807, 2.05) is 0 Å². The van der Waals surface area contributed by atoms with Crippen LogP contribution in [0.15, 0.2) is 0 Å². The van der Waals surface area contributed by atoms with E-state index in [9.17, 15) is 4.79 Å². The number of nitrogens with zero attached hydrogens (tertiary/aromatic N) is 3. The van der Waals surface area contributed by atoms with E-state index in [2.05, 4.69) is 21.8 Å². The molecular formula is C10H13N5O. The molecule has 1 fully saturated rings. The standard InChI is InChI=1S/C10H13N5O/c1-6-8(4-11)10(15(2)14-6)13-7-3-9(16)12-5-7/h7,13H,3,5H2,1-2H3,(H,12,16). The summed E-state index contributed by atoms with van der Waals surface area (Å²) in [6, 6.07) is 2.16. The van der Waals surface area contributed by atoms with Gasteiger partial charge in [0, 0.05) is 20.0 Å². The molecule has 0 radical (unpaired) electrons. The monoisotopic (exact) mass is 219 g/mol. The Hall–Kier alpha value is -2.03. The Kier molecular flexibility index (Phi) is 2.52. The average molecular weight is 219 g/mol. The van der Waals surface area contributed by atoms with E-state index in [1.165, 1.54) is 0 Å². The molecule has 6 heteroatoms. The first-order valence-electron chi connectivity index (χ1n) is 5.08. The molecule has 1 aromatic heterocycles. The van der Waals surface area contributed by atoms with E-state index in [0.29, 0.717) is 30.0 Å². The number of nitrogens with one attached hydrogen (secondary N) is 2. The molecule has 1 aromatic rings. The summed E-state index contributed by atoms with van der Waals surface area (Å²) in [6.07, 6.45) is 0.440. The van der Waals surface area contributed by atoms with E-state index in [4.69, 9.17) is 5.26 Å². The predicted molar refractivity (Wildman–Crippen MR) is 57.7 cm³/mol. The number of hydrogen-bond acceptors (Lipinski definition) is 4. The summed E-state index contributed by atoms with van der Waals surface area (Å²) >= 11 is 0. The lowest BCUT2D eigenvalue weighted by molar-refractivity contribution is -0.119. The highest BCUT2D eigenvalue weighted by atomic mass is 16.1. The van der Waals surface area contributed by atoms with E-state index in [0.717, 1.165) is 0 Å². The van der Waals surface area contributed by atoms with Gasteiger partial charge in [0.2, 0.25) is 5.91 Å². The summed E-state index contributed by atoms with van der Waals surface area (Å²) in [5, 5.41) is 19.1. The van der Waals surface area contributed by atoms with Crippen LogP contribution < -0.4 is 10.6 Å². The van der Waals surface area contributed by atoms with Crippen LogP contribution in [0.2, 0.25) is 0 Å². The van der Waals surface area contributed by atoms with Gasteiger partial charge in [0.1, 0.15) is 17.5 Å². The quantitative estimate of drug-likeness (QED) is 0.727. The third-order valence-corrected chi connectivity index (χ3v) is 2.65. The Bertz CT molecular complexity index is 470. The second-order valence-electron chi connectivity index (χ2n) is 3.89. The molecule has 16 heavy (non-hydrogen) atoms. The van der Waals surface area contributed by atoms with Crippen molar-refractivity contribution in [2.75, 3.05) is 11.9 Å². The van der Waals surface area contributed by atoms with Gasteiger partial charge in [-0.25, -0.2) is 0 Å². The first-order chi connectivity index (χ1) is 7.61. The van der Waals surface area contributed by atoms with Crippen molar-refractivity contribution in [2.24, 2.45) is 7.05 Å². The van der Waals surface area contributed by atoms with Gasteiger partial charge in [-0.05, 0) is 6.92 Å². The number of anilines is 1. The van der Waals surface area contributed by atoms with Gasteiger partial charge in [0.05, 0.1) is 11.7 Å². The van der Waals surface area contributed by atoms with Gasteiger partial charge in [0.25, 0.3) is 0 Å². The van der Waals surface area contributed by atoms with Crippen LogP contribution in [-0.2, 0) is 11.8 Å². The molecule has 1 aliphatic rings. The highest BCUT2D eigenvalue weighted by molar-refractivity contribution is 5.79. The number of aromatic nitrogens is 2. The number of carbonyl (C=O) groups is 1. The Labute approximate surface area is 93.2 Å². The maximum absolute atomic E-state index is 11.0. The minimum atomic E-state index is 0.0365. The van der Waals surface area contributed by atoms with Crippen LogP contribution in [0.3, 0.4) is 0 Å². The molecule has 84 valence electrons. The third kappa shape index (κ3) is 1.72. The SMILES string of the molecule is Cc1nn(C)c(NC2CNC(=O)C2)c1C#N. The lowest BCUT2D eigenvalue weighted by atomic mass is 10.2. The summed E-state index contributed by atoms with van der Waals surface area (Å²) in [5.41, 5.74) is 1.24. The molecule has 6 nitrogen and oxygen atoms in total. The van der Waals surface area contributed by atoms with Crippen LogP contribution in [0, 0.1) is 18.3 Å². The van der Waals surface area contributed by atoms with Gasteiger partial charge in [-0.3, -0.25) is 9.48 Å². The summed E-state index contributed by atoms with van der Waals surface area (Å²) < 4.78 is 1.64. The fourth-order valence-electron chi connectivity index (χ4n) is 1.86. The number of rotatable bonds is 2. The highest BCUT2D eigenvalue weighted by Crippen LogP contribution is 2.19. The Balaban J connectivity index is 2.21. The van der Waals surface area contributed by atoms with Crippen molar-refractivity contribution in [2.45, 2.75) is 19.4 Å². The molecule has 1 unspecified atom stereocenters. The van der Waals surface area contributed by atoms with E-state index < -0.39 is 0 Å². The zero-order chi connectivity index (χ0) is 11.7. The second-order valence-corrected chi connectivity index (χ2v) is 3.89. The van der Waals surface area contributed by atoms with Gasteiger partial charge in [-0.15, -0.1) is 0 Å². The Morgan fingerprint density at radius 1 is 1.69 bits per heavy atom. The van der Waals surface area contributed by atoms with Crippen molar-refractivity contribution in [1.29, 1.82) is 5.26 Å². The molecule has 0 spiro atoms. The first kappa shape index (κ1) is 10.5. The summed E-state index contributed by atoms with van der Waals surface area (Å²) in [5.74, 6) is 0.719. The highest BCUT2D eigenvalue weighted by Gasteiger charge is 2.24. The lowest BCUT2D eigenvalue weighted by Crippen LogP contribution is -2.24. The number of carbonyl (C=O) groups excluding carboxylic acids is 1. The topological polar surface area (TPSA) is 82.7 Å². The van der Waals surface area contributed by atoms with E-state index in [-0.39, 0.29) is 11.9 Å². The molecule has 0 aromatic carbocycles. The number of aryl methyl sites for hydroxylation is 2. The fraction of sp³-hybridized carbons (Fsp3) is 0.500. The van der Waals surface area contributed by atoms with Crippen molar-refractivity contribution in [1.82, 2.24) is 15.1 Å². The molecule has 2 rings (SSSR count). The van der Waals surface area contributed by atoms with E-state index in [1.54, 1.807) is 18.7 Å². The van der Waals surface area contributed by atoms with Crippen LogP contribution in [-0.4, -0.2) is 28.3 Å². The molecule has 0 saturated carbocycles. The van der Waals surface area contributed by atoms with Crippen molar-refractivity contribution < 1.29 is 4.79 Å². The van der Waals surface area contributed by atoms with Gasteiger partial charge in [-0.2, -0.15) is 10.4 Å². The lowest BCUT2D eigenvalue weighted by Gasteiger charge is -2.12. The molecule has 2 heterocycles. The first-order valence-corrected chi connectivity index (χ1v) is 5.08. The van der Waals surface area contributed by atoms with Crippen LogP contribution in [0.25, 0.3) is 0 Å². The van der Waals surface area contributed by atoms with Crippen molar-refractivity contribution in [3.8, 4) is 6.07 Å². The Morgan fingerprint density at radius 2 is 2.44 bits per heavy atom. The summed E-state index contributed by atoms with van der Waals surface area (Å²) in [6.45, 7) is 2.38. The van der Waals surface area contributed by atoms with Gasteiger partial charge < -0.3 is 10.6 Å². The smallest absolute Gasteiger partial charge is 0.222 e. The zero-order valence-corrected chi connectivity index (χ0v) is 9.24. The zero-order valence-electron chi connectivity index (χ0n) is 9.24. The largest absolute Gasteiger partial charge is 0.364 e. The van der Waals surface area contributed by atoms with Crippen molar-refractivity contribution in [3.63, 3.8) is 0 Å². The molecule has 1 amide bonds. The molecule has 1 aliphatic heterocycles. The van der Waals surface area contributed by atoms with Crippen molar-refractivity contribution >= 4 is 11.7 Å². The average Bonchev–Trinajstić information content (AvgIpc) is 2.73. The maximum atomic E-state index is 11.0. The third-order valence-electron chi connectivity index (χ3n) is 2.65. The van der Waals surface area contributed by atoms with Gasteiger partial charge >= 0.3 is 0 Å². The number of amides is 1. The molecule has 1 atom stereocenters. The molecule has 0 bridgehead atoms. The molecule has 0 aliphatic carbocycles. The van der Waals surface area contributed by atoms with Crippen LogP contribution in [0.4, 0.5) is 5.82 Å². The predicted octanol–water partition coefficient (Wildman–Crippen LogP) is -0.0994. The maximum Gasteiger partial charge on any atom is 0.222 e. The summed E-state index contributed by atoms with van der Waals surface area (Å²) in [4.78, 5) is 11.0. The molecule has 1 saturated heterocycles. The van der Waals surface area contributed by atoms with Crippen LogP contribution in [0.1, 0.15) is 17.7 Å². The minimum absolute atomic E-state index is 0.0365. The fourth-order valence-corrected chi connectivity index (χ4v) is 1.86. The van der Waals surface area contributed by atoms with E-state index >= 15 is 0 Å².